The zero-order valence-corrected chi connectivity index (χ0v) is 20.0. The van der Waals surface area contributed by atoms with Crippen LogP contribution < -0.4 is 15.5 Å². The first-order valence-corrected chi connectivity index (χ1v) is 12.5. The minimum Gasteiger partial charge on any atom is -0.351 e. The number of pyridine rings is 1. The van der Waals surface area contributed by atoms with Crippen molar-refractivity contribution >= 4 is 34.7 Å². The predicted octanol–water partition coefficient (Wildman–Crippen LogP) is 4.24. The van der Waals surface area contributed by atoms with Crippen LogP contribution in [0.25, 0.3) is 0 Å². The van der Waals surface area contributed by atoms with Gasteiger partial charge in [0, 0.05) is 29.7 Å². The minimum atomic E-state index is -1.08. The molecule has 0 saturated heterocycles. The Hall–Kier alpha value is -3.59. The smallest absolute Gasteiger partial charge is 0.261 e. The van der Waals surface area contributed by atoms with Crippen LogP contribution in [0.1, 0.15) is 53.4 Å². The van der Waals surface area contributed by atoms with Gasteiger partial charge in [0.2, 0.25) is 11.8 Å². The number of rotatable bonds is 8. The molecule has 9 heteroatoms. The van der Waals surface area contributed by atoms with Gasteiger partial charge in [0.25, 0.3) is 5.91 Å². The molecule has 2 heterocycles. The number of nitrogens with one attached hydrogen (secondary N) is 2. The SMILES string of the molecule is O=C(NCC(=O)N(c1cccc(F)c1)[C@@H](C(=O)NC1CCCCC1)c1cccnc1)c1cccs1. The van der Waals surface area contributed by atoms with Crippen LogP contribution in [-0.2, 0) is 9.59 Å². The quantitative estimate of drug-likeness (QED) is 0.490. The number of benzene rings is 1. The second kappa shape index (κ2) is 11.7. The highest BCUT2D eigenvalue weighted by Crippen LogP contribution is 2.29. The molecule has 1 saturated carbocycles. The molecule has 182 valence electrons. The van der Waals surface area contributed by atoms with E-state index in [1.807, 2.05) is 0 Å². The van der Waals surface area contributed by atoms with Gasteiger partial charge < -0.3 is 10.6 Å². The Morgan fingerprint density at radius 3 is 2.60 bits per heavy atom. The molecule has 3 amide bonds. The van der Waals surface area contributed by atoms with Gasteiger partial charge in [-0.05, 0) is 48.6 Å². The first-order chi connectivity index (χ1) is 17.0. The Bertz CT molecular complexity index is 1150. The Morgan fingerprint density at radius 1 is 1.09 bits per heavy atom. The van der Waals surface area contributed by atoms with Crippen molar-refractivity contribution in [3.05, 3.63) is 82.6 Å². The van der Waals surface area contributed by atoms with Crippen molar-refractivity contribution in [1.29, 1.82) is 0 Å². The lowest BCUT2D eigenvalue weighted by Crippen LogP contribution is -2.49. The molecule has 1 fully saturated rings. The molecular weight excluding hydrogens is 467 g/mol. The third-order valence-electron chi connectivity index (χ3n) is 5.96. The maximum atomic E-state index is 14.2. The van der Waals surface area contributed by atoms with Crippen LogP contribution in [0.5, 0.6) is 0 Å². The summed E-state index contributed by atoms with van der Waals surface area (Å²) in [7, 11) is 0. The Labute approximate surface area is 207 Å². The van der Waals surface area contributed by atoms with Gasteiger partial charge in [0.05, 0.1) is 11.4 Å². The van der Waals surface area contributed by atoms with Crippen LogP contribution in [-0.4, -0.2) is 35.3 Å². The van der Waals surface area contributed by atoms with E-state index in [4.69, 9.17) is 0 Å². The number of halogens is 1. The highest BCUT2D eigenvalue weighted by atomic mass is 32.1. The van der Waals surface area contributed by atoms with E-state index in [2.05, 4.69) is 15.6 Å². The molecule has 0 aliphatic heterocycles. The van der Waals surface area contributed by atoms with Crippen molar-refractivity contribution < 1.29 is 18.8 Å². The topological polar surface area (TPSA) is 91.4 Å². The van der Waals surface area contributed by atoms with Gasteiger partial charge in [-0.1, -0.05) is 37.5 Å². The molecule has 3 aromatic rings. The molecule has 0 radical (unpaired) electrons. The first-order valence-electron chi connectivity index (χ1n) is 11.6. The Kier molecular flexibility index (Phi) is 8.20. The normalized spacial score (nSPS) is 14.7. The predicted molar refractivity (Wildman–Crippen MR) is 133 cm³/mol. The van der Waals surface area contributed by atoms with Crippen LogP contribution in [0.2, 0.25) is 0 Å². The van der Waals surface area contributed by atoms with E-state index < -0.39 is 23.7 Å². The van der Waals surface area contributed by atoms with Crippen molar-refractivity contribution in [2.45, 2.75) is 44.2 Å². The first kappa shape index (κ1) is 24.5. The maximum absolute atomic E-state index is 14.2. The van der Waals surface area contributed by atoms with E-state index in [0.717, 1.165) is 32.1 Å². The summed E-state index contributed by atoms with van der Waals surface area (Å²) in [6.07, 6.45) is 8.04. The van der Waals surface area contributed by atoms with E-state index in [-0.39, 0.29) is 24.2 Å². The summed E-state index contributed by atoms with van der Waals surface area (Å²) in [6, 6.07) is 11.2. The number of hydrogen-bond acceptors (Lipinski definition) is 5. The lowest BCUT2D eigenvalue weighted by Gasteiger charge is -2.33. The monoisotopic (exact) mass is 494 g/mol. The molecular formula is C26H27FN4O3S. The number of amides is 3. The number of anilines is 1. The van der Waals surface area contributed by atoms with Gasteiger partial charge >= 0.3 is 0 Å². The largest absolute Gasteiger partial charge is 0.351 e. The van der Waals surface area contributed by atoms with Gasteiger partial charge in [0.1, 0.15) is 11.9 Å². The molecule has 0 unspecified atom stereocenters. The molecule has 1 atom stereocenters. The summed E-state index contributed by atoms with van der Waals surface area (Å²) in [5.74, 6) is -1.85. The fraction of sp³-hybridized carbons (Fsp3) is 0.308. The molecule has 1 aliphatic carbocycles. The summed E-state index contributed by atoms with van der Waals surface area (Å²) in [5.41, 5.74) is 0.705. The highest BCUT2D eigenvalue weighted by molar-refractivity contribution is 7.12. The number of nitrogens with zero attached hydrogens (tertiary/aromatic N) is 2. The molecule has 0 spiro atoms. The second-order valence-electron chi connectivity index (χ2n) is 8.44. The number of thiophene rings is 1. The van der Waals surface area contributed by atoms with E-state index in [1.54, 1.807) is 41.9 Å². The van der Waals surface area contributed by atoms with Crippen molar-refractivity contribution in [1.82, 2.24) is 15.6 Å². The molecule has 35 heavy (non-hydrogen) atoms. The Morgan fingerprint density at radius 2 is 1.91 bits per heavy atom. The van der Waals surface area contributed by atoms with Crippen LogP contribution >= 0.6 is 11.3 Å². The van der Waals surface area contributed by atoms with Crippen molar-refractivity contribution in [2.24, 2.45) is 0 Å². The Balaban J connectivity index is 1.66. The standard InChI is InChI=1S/C26H27FN4O3S/c27-19-8-4-11-21(15-19)31(23(32)17-29-25(33)22-12-6-14-35-22)24(18-7-5-13-28-16-18)26(34)30-20-9-2-1-3-10-20/h4-8,11-16,20,24H,1-3,9-10,17H2,(H,29,33)(H,30,34)/t24-/m1/s1. The molecule has 1 aromatic carbocycles. The van der Waals surface area contributed by atoms with E-state index in [1.165, 1.54) is 40.6 Å². The van der Waals surface area contributed by atoms with E-state index in [9.17, 15) is 18.8 Å². The van der Waals surface area contributed by atoms with Crippen molar-refractivity contribution in [3.8, 4) is 0 Å². The summed E-state index contributed by atoms with van der Waals surface area (Å²) in [5, 5.41) is 7.47. The van der Waals surface area contributed by atoms with Crippen LogP contribution in [0, 0.1) is 5.82 Å². The van der Waals surface area contributed by atoms with E-state index >= 15 is 0 Å². The molecule has 0 bridgehead atoms. The second-order valence-corrected chi connectivity index (χ2v) is 9.38. The van der Waals surface area contributed by atoms with Crippen LogP contribution in [0.3, 0.4) is 0 Å². The third-order valence-corrected chi connectivity index (χ3v) is 6.83. The summed E-state index contributed by atoms with van der Waals surface area (Å²) < 4.78 is 14.2. The van der Waals surface area contributed by atoms with Gasteiger partial charge in [-0.3, -0.25) is 24.3 Å². The number of carbonyl (C=O) groups is 3. The van der Waals surface area contributed by atoms with Crippen LogP contribution in [0.4, 0.5) is 10.1 Å². The van der Waals surface area contributed by atoms with Gasteiger partial charge in [-0.15, -0.1) is 11.3 Å². The molecule has 1 aliphatic rings. The lowest BCUT2D eigenvalue weighted by molar-refractivity contribution is -0.127. The fourth-order valence-electron chi connectivity index (χ4n) is 4.28. The third kappa shape index (κ3) is 6.30. The lowest BCUT2D eigenvalue weighted by atomic mass is 9.94. The highest BCUT2D eigenvalue weighted by Gasteiger charge is 2.34. The van der Waals surface area contributed by atoms with E-state index in [0.29, 0.717) is 10.4 Å². The zero-order valence-electron chi connectivity index (χ0n) is 19.2. The van der Waals surface area contributed by atoms with Gasteiger partial charge in [-0.2, -0.15) is 0 Å². The van der Waals surface area contributed by atoms with Crippen molar-refractivity contribution in [3.63, 3.8) is 0 Å². The zero-order chi connectivity index (χ0) is 24.6. The number of carbonyl (C=O) groups excluding carboxylic acids is 3. The molecule has 4 rings (SSSR count). The van der Waals surface area contributed by atoms with Gasteiger partial charge in [0.15, 0.2) is 0 Å². The minimum absolute atomic E-state index is 0.0124. The molecule has 2 N–H and O–H groups in total. The summed E-state index contributed by atoms with van der Waals surface area (Å²) in [6.45, 7) is -0.360. The van der Waals surface area contributed by atoms with Gasteiger partial charge in [-0.25, -0.2) is 4.39 Å². The molecule has 7 nitrogen and oxygen atoms in total. The van der Waals surface area contributed by atoms with Crippen LogP contribution in [0.15, 0.2) is 66.3 Å². The number of aromatic nitrogens is 1. The fourth-order valence-corrected chi connectivity index (χ4v) is 4.92. The maximum Gasteiger partial charge on any atom is 0.261 e. The summed E-state index contributed by atoms with van der Waals surface area (Å²) >= 11 is 1.26. The molecule has 2 aromatic heterocycles. The summed E-state index contributed by atoms with van der Waals surface area (Å²) in [4.78, 5) is 45.4. The van der Waals surface area contributed by atoms with Crippen molar-refractivity contribution in [2.75, 3.05) is 11.4 Å². The number of hydrogen-bond donors (Lipinski definition) is 2. The average molecular weight is 495 g/mol. The average Bonchev–Trinajstić information content (AvgIpc) is 3.42.